The van der Waals surface area contributed by atoms with Crippen LogP contribution < -0.4 is 0 Å². The van der Waals surface area contributed by atoms with E-state index in [9.17, 15) is 4.79 Å². The van der Waals surface area contributed by atoms with Crippen molar-refractivity contribution in [2.75, 3.05) is 38.7 Å². The zero-order chi connectivity index (χ0) is 13.1. The minimum Gasteiger partial charge on any atom is -0.337 e. The molecule has 0 saturated carbocycles. The molecule has 1 aliphatic heterocycles. The van der Waals surface area contributed by atoms with Gasteiger partial charge in [0.2, 0.25) is 5.91 Å². The number of likely N-dealkylation sites (N-methyl/N-ethyl adjacent to an activating group) is 1. The third-order valence-electron chi connectivity index (χ3n) is 2.92. The smallest absolute Gasteiger partial charge is 0.228 e. The lowest BCUT2D eigenvalue weighted by atomic mass is 9.94. The molecule has 100 valence electrons. The van der Waals surface area contributed by atoms with Gasteiger partial charge in [0.25, 0.3) is 0 Å². The number of rotatable bonds is 2. The van der Waals surface area contributed by atoms with Crippen molar-refractivity contribution >= 4 is 17.7 Å². The van der Waals surface area contributed by atoms with Gasteiger partial charge in [-0.25, -0.2) is 0 Å². The maximum absolute atomic E-state index is 12.5. The summed E-state index contributed by atoms with van der Waals surface area (Å²) in [7, 11) is 4.16. The van der Waals surface area contributed by atoms with E-state index in [0.717, 1.165) is 25.3 Å². The molecule has 1 unspecified atom stereocenters. The van der Waals surface area contributed by atoms with E-state index in [1.165, 1.54) is 5.75 Å². The molecule has 1 amide bonds. The second-order valence-corrected chi connectivity index (χ2v) is 7.24. The normalized spacial score (nSPS) is 22.7. The van der Waals surface area contributed by atoms with Gasteiger partial charge in [-0.05, 0) is 26.3 Å². The van der Waals surface area contributed by atoms with Crippen molar-refractivity contribution in [1.29, 1.82) is 0 Å². The first-order chi connectivity index (χ1) is 7.82. The Morgan fingerprint density at radius 3 is 2.59 bits per heavy atom. The van der Waals surface area contributed by atoms with Crippen LogP contribution >= 0.6 is 11.8 Å². The third kappa shape index (κ3) is 4.51. The molecule has 0 aliphatic carbocycles. The van der Waals surface area contributed by atoms with Crippen molar-refractivity contribution in [3.05, 3.63) is 0 Å². The first-order valence-electron chi connectivity index (χ1n) is 6.36. The number of hydrogen-bond donors (Lipinski definition) is 0. The van der Waals surface area contributed by atoms with Crippen molar-refractivity contribution in [1.82, 2.24) is 9.80 Å². The Balaban J connectivity index is 2.78. The molecular formula is C13H26N2OS. The summed E-state index contributed by atoms with van der Waals surface area (Å²) in [6, 6.07) is 0.365. The predicted octanol–water partition coefficient (Wildman–Crippen LogP) is 1.93. The van der Waals surface area contributed by atoms with Gasteiger partial charge >= 0.3 is 0 Å². The van der Waals surface area contributed by atoms with Crippen molar-refractivity contribution in [3.8, 4) is 0 Å². The Morgan fingerprint density at radius 2 is 2.06 bits per heavy atom. The van der Waals surface area contributed by atoms with Crippen LogP contribution in [0.4, 0.5) is 0 Å². The SMILES string of the molecule is CN(C)CC1CSCCCN1C(=O)C(C)(C)C. The van der Waals surface area contributed by atoms with Gasteiger partial charge in [0.15, 0.2) is 0 Å². The third-order valence-corrected chi connectivity index (χ3v) is 4.11. The molecule has 0 aromatic carbocycles. The molecule has 17 heavy (non-hydrogen) atoms. The fraction of sp³-hybridized carbons (Fsp3) is 0.923. The van der Waals surface area contributed by atoms with Crippen molar-refractivity contribution in [2.24, 2.45) is 5.41 Å². The maximum Gasteiger partial charge on any atom is 0.228 e. The van der Waals surface area contributed by atoms with Crippen LogP contribution in [-0.4, -0.2) is 60.4 Å². The lowest BCUT2D eigenvalue weighted by molar-refractivity contribution is -0.141. The zero-order valence-electron chi connectivity index (χ0n) is 11.8. The van der Waals surface area contributed by atoms with Crippen LogP contribution in [0.1, 0.15) is 27.2 Å². The van der Waals surface area contributed by atoms with Crippen LogP contribution in [0.5, 0.6) is 0 Å². The lowest BCUT2D eigenvalue weighted by Gasteiger charge is -2.36. The van der Waals surface area contributed by atoms with Crippen LogP contribution in [0, 0.1) is 5.41 Å². The van der Waals surface area contributed by atoms with E-state index in [2.05, 4.69) is 23.9 Å². The van der Waals surface area contributed by atoms with Crippen molar-refractivity contribution < 1.29 is 4.79 Å². The molecule has 0 aromatic rings. The van der Waals surface area contributed by atoms with Gasteiger partial charge in [-0.1, -0.05) is 20.8 Å². The van der Waals surface area contributed by atoms with Gasteiger partial charge in [0.05, 0.1) is 6.04 Å². The van der Waals surface area contributed by atoms with E-state index < -0.39 is 0 Å². The molecule has 1 saturated heterocycles. The molecule has 0 spiro atoms. The first-order valence-corrected chi connectivity index (χ1v) is 7.51. The average Bonchev–Trinajstić information content (AvgIpc) is 2.40. The number of hydrogen-bond acceptors (Lipinski definition) is 3. The number of amides is 1. The number of carbonyl (C=O) groups excluding carboxylic acids is 1. The molecule has 0 N–H and O–H groups in total. The molecule has 1 atom stereocenters. The van der Waals surface area contributed by atoms with Gasteiger partial charge < -0.3 is 9.80 Å². The largest absolute Gasteiger partial charge is 0.337 e. The highest BCUT2D eigenvalue weighted by atomic mass is 32.2. The second kappa shape index (κ2) is 6.10. The highest BCUT2D eigenvalue weighted by Crippen LogP contribution is 2.24. The molecule has 1 rings (SSSR count). The Morgan fingerprint density at radius 1 is 1.41 bits per heavy atom. The summed E-state index contributed by atoms with van der Waals surface area (Å²) in [6.07, 6.45) is 1.12. The van der Waals surface area contributed by atoms with Crippen LogP contribution in [0.2, 0.25) is 0 Å². The Bertz CT molecular complexity index is 261. The Kier molecular flexibility index (Phi) is 5.32. The molecule has 0 radical (unpaired) electrons. The summed E-state index contributed by atoms with van der Waals surface area (Å²) < 4.78 is 0. The van der Waals surface area contributed by atoms with Crippen molar-refractivity contribution in [2.45, 2.75) is 33.2 Å². The molecule has 0 bridgehead atoms. The molecule has 4 heteroatoms. The Hall–Kier alpha value is -0.220. The highest BCUT2D eigenvalue weighted by molar-refractivity contribution is 7.99. The summed E-state index contributed by atoms with van der Waals surface area (Å²) in [5.41, 5.74) is -0.264. The summed E-state index contributed by atoms with van der Waals surface area (Å²) in [5.74, 6) is 2.55. The molecule has 0 aromatic heterocycles. The summed E-state index contributed by atoms with van der Waals surface area (Å²) >= 11 is 1.98. The minimum atomic E-state index is -0.264. The van der Waals surface area contributed by atoms with Crippen LogP contribution in [0.25, 0.3) is 0 Å². The van der Waals surface area contributed by atoms with E-state index in [0.29, 0.717) is 11.9 Å². The molecule has 3 nitrogen and oxygen atoms in total. The van der Waals surface area contributed by atoms with E-state index >= 15 is 0 Å². The summed E-state index contributed by atoms with van der Waals surface area (Å²) in [6.45, 7) is 7.93. The molecule has 1 heterocycles. The van der Waals surface area contributed by atoms with Gasteiger partial charge in [-0.15, -0.1) is 0 Å². The van der Waals surface area contributed by atoms with Gasteiger partial charge in [-0.2, -0.15) is 11.8 Å². The summed E-state index contributed by atoms with van der Waals surface area (Å²) in [5, 5.41) is 0. The molecular weight excluding hydrogens is 232 g/mol. The second-order valence-electron chi connectivity index (χ2n) is 6.09. The molecule has 1 fully saturated rings. The number of carbonyl (C=O) groups is 1. The lowest BCUT2D eigenvalue weighted by Crippen LogP contribution is -2.50. The number of nitrogens with zero attached hydrogens (tertiary/aromatic N) is 2. The van der Waals surface area contributed by atoms with Crippen LogP contribution in [-0.2, 0) is 4.79 Å². The fourth-order valence-electron chi connectivity index (χ4n) is 2.10. The van der Waals surface area contributed by atoms with Gasteiger partial charge in [0, 0.05) is 24.3 Å². The molecule has 1 aliphatic rings. The standard InChI is InChI=1S/C13H26N2OS/c1-13(2,3)12(16)15-7-6-8-17-10-11(15)9-14(4)5/h11H,6-10H2,1-5H3. The average molecular weight is 258 g/mol. The maximum atomic E-state index is 12.5. The quantitative estimate of drug-likeness (QED) is 0.756. The highest BCUT2D eigenvalue weighted by Gasteiger charge is 2.32. The van der Waals surface area contributed by atoms with Gasteiger partial charge in [-0.3, -0.25) is 4.79 Å². The van der Waals surface area contributed by atoms with E-state index in [-0.39, 0.29) is 5.41 Å². The van der Waals surface area contributed by atoms with Crippen molar-refractivity contribution in [3.63, 3.8) is 0 Å². The predicted molar refractivity (Wildman–Crippen MR) is 75.5 cm³/mol. The first kappa shape index (κ1) is 14.8. The number of thioether (sulfide) groups is 1. The summed E-state index contributed by atoms with van der Waals surface area (Å²) in [4.78, 5) is 16.8. The minimum absolute atomic E-state index is 0.264. The fourth-order valence-corrected chi connectivity index (χ4v) is 3.16. The topological polar surface area (TPSA) is 23.6 Å². The zero-order valence-corrected chi connectivity index (χ0v) is 12.6. The van der Waals surface area contributed by atoms with Crippen LogP contribution in [0.3, 0.4) is 0 Å². The van der Waals surface area contributed by atoms with E-state index in [1.807, 2.05) is 32.5 Å². The van der Waals surface area contributed by atoms with Gasteiger partial charge in [0.1, 0.15) is 0 Å². The monoisotopic (exact) mass is 258 g/mol. The van der Waals surface area contributed by atoms with Crippen LogP contribution in [0.15, 0.2) is 0 Å². The van der Waals surface area contributed by atoms with E-state index in [4.69, 9.17) is 0 Å². The van der Waals surface area contributed by atoms with E-state index in [1.54, 1.807) is 0 Å². The Labute approximate surface area is 110 Å².